The topological polar surface area (TPSA) is 122 Å². The van der Waals surface area contributed by atoms with Gasteiger partial charge in [-0.15, -0.1) is 0 Å². The zero-order chi connectivity index (χ0) is 23.7. The van der Waals surface area contributed by atoms with Gasteiger partial charge in [-0.2, -0.15) is 0 Å². The molecule has 0 N–H and O–H groups in total. The SMILES string of the molecule is COc1cccc2cc(-c3cc(=O)oc4c(COC(C)=O)c(OC(C)=O)ccc34)c(=O)oc12. The van der Waals surface area contributed by atoms with E-state index >= 15 is 0 Å². The Labute approximate surface area is 186 Å². The number of carbonyl (C=O) groups is 2. The van der Waals surface area contributed by atoms with Crippen molar-refractivity contribution in [3.63, 3.8) is 0 Å². The second-order valence-corrected chi connectivity index (χ2v) is 7.10. The van der Waals surface area contributed by atoms with E-state index in [1.807, 2.05) is 0 Å². The first-order valence-corrected chi connectivity index (χ1v) is 9.81. The molecule has 0 saturated carbocycles. The first kappa shape index (κ1) is 21.8. The van der Waals surface area contributed by atoms with Crippen LogP contribution in [0.4, 0.5) is 0 Å². The molecule has 33 heavy (non-hydrogen) atoms. The van der Waals surface area contributed by atoms with Gasteiger partial charge in [0, 0.05) is 36.2 Å². The van der Waals surface area contributed by atoms with Crippen LogP contribution in [0.25, 0.3) is 33.1 Å². The molecule has 2 aromatic carbocycles. The molecule has 9 heteroatoms. The summed E-state index contributed by atoms with van der Waals surface area (Å²) in [4.78, 5) is 48.2. The van der Waals surface area contributed by atoms with E-state index in [1.54, 1.807) is 30.3 Å². The standard InChI is InChI=1S/C24H18O9/c1-12(25)30-11-18-19(31-13(2)26)8-7-15-16(10-21(27)32-23(15)18)17-9-14-5-4-6-20(29-3)22(14)33-24(17)28/h4-10H,11H2,1-3H3. The van der Waals surface area contributed by atoms with Crippen LogP contribution in [0.1, 0.15) is 19.4 Å². The molecule has 4 rings (SSSR count). The third-order valence-electron chi connectivity index (χ3n) is 4.88. The minimum Gasteiger partial charge on any atom is -0.493 e. The lowest BCUT2D eigenvalue weighted by atomic mass is 10.00. The second-order valence-electron chi connectivity index (χ2n) is 7.10. The van der Waals surface area contributed by atoms with Gasteiger partial charge in [-0.05, 0) is 24.3 Å². The molecular weight excluding hydrogens is 432 g/mol. The summed E-state index contributed by atoms with van der Waals surface area (Å²) in [5.74, 6) is -0.737. The fourth-order valence-corrected chi connectivity index (χ4v) is 3.51. The van der Waals surface area contributed by atoms with E-state index in [1.165, 1.54) is 33.1 Å². The largest absolute Gasteiger partial charge is 0.493 e. The van der Waals surface area contributed by atoms with Crippen molar-refractivity contribution in [2.24, 2.45) is 0 Å². The zero-order valence-corrected chi connectivity index (χ0v) is 17.9. The van der Waals surface area contributed by atoms with Gasteiger partial charge in [0.05, 0.1) is 18.2 Å². The first-order valence-electron chi connectivity index (χ1n) is 9.81. The summed E-state index contributed by atoms with van der Waals surface area (Å²) in [5.41, 5.74) is -0.623. The predicted molar refractivity (Wildman–Crippen MR) is 117 cm³/mol. The highest BCUT2D eigenvalue weighted by Gasteiger charge is 2.20. The maximum Gasteiger partial charge on any atom is 0.344 e. The van der Waals surface area contributed by atoms with Crippen molar-refractivity contribution in [1.82, 2.24) is 0 Å². The lowest BCUT2D eigenvalue weighted by molar-refractivity contribution is -0.142. The number of methoxy groups -OCH3 is 1. The van der Waals surface area contributed by atoms with E-state index < -0.39 is 23.2 Å². The molecule has 9 nitrogen and oxygen atoms in total. The lowest BCUT2D eigenvalue weighted by Gasteiger charge is -2.13. The third kappa shape index (κ3) is 4.20. The van der Waals surface area contributed by atoms with E-state index in [4.69, 9.17) is 23.0 Å². The monoisotopic (exact) mass is 450 g/mol. The van der Waals surface area contributed by atoms with Gasteiger partial charge in [-0.25, -0.2) is 9.59 Å². The van der Waals surface area contributed by atoms with Gasteiger partial charge in [0.2, 0.25) is 0 Å². The van der Waals surface area contributed by atoms with Crippen molar-refractivity contribution in [3.8, 4) is 22.6 Å². The second kappa shape index (κ2) is 8.62. The summed E-state index contributed by atoms with van der Waals surface area (Å²) < 4.78 is 26.4. The molecule has 4 aromatic rings. The molecule has 0 aliphatic heterocycles. The highest BCUT2D eigenvalue weighted by Crippen LogP contribution is 2.35. The number of benzene rings is 2. The van der Waals surface area contributed by atoms with Crippen LogP contribution >= 0.6 is 0 Å². The Balaban J connectivity index is 2.01. The normalized spacial score (nSPS) is 10.9. The lowest BCUT2D eigenvalue weighted by Crippen LogP contribution is -2.10. The van der Waals surface area contributed by atoms with Gasteiger partial charge in [0.15, 0.2) is 11.3 Å². The fraction of sp³-hybridized carbons (Fsp3) is 0.167. The van der Waals surface area contributed by atoms with Gasteiger partial charge in [-0.1, -0.05) is 12.1 Å². The minimum absolute atomic E-state index is 0.0163. The fourth-order valence-electron chi connectivity index (χ4n) is 3.51. The Morgan fingerprint density at radius 3 is 2.36 bits per heavy atom. The Morgan fingerprint density at radius 1 is 0.879 bits per heavy atom. The van der Waals surface area contributed by atoms with Crippen molar-refractivity contribution in [2.45, 2.75) is 20.5 Å². The van der Waals surface area contributed by atoms with Crippen LogP contribution in [-0.2, 0) is 20.9 Å². The molecule has 0 saturated heterocycles. The summed E-state index contributed by atoms with van der Waals surface area (Å²) in [6, 6.07) is 10.9. The average Bonchev–Trinajstić information content (AvgIpc) is 2.76. The third-order valence-corrected chi connectivity index (χ3v) is 4.88. The van der Waals surface area contributed by atoms with Crippen LogP contribution in [0.2, 0.25) is 0 Å². The van der Waals surface area contributed by atoms with Gasteiger partial charge >= 0.3 is 23.2 Å². The van der Waals surface area contributed by atoms with Gasteiger partial charge in [0.25, 0.3) is 0 Å². The molecule has 0 bridgehead atoms. The molecule has 0 aliphatic rings. The molecule has 168 valence electrons. The highest BCUT2D eigenvalue weighted by atomic mass is 16.5. The van der Waals surface area contributed by atoms with Crippen LogP contribution in [0, 0.1) is 0 Å². The van der Waals surface area contributed by atoms with Crippen molar-refractivity contribution < 1.29 is 32.6 Å². The Morgan fingerprint density at radius 2 is 1.67 bits per heavy atom. The molecule has 0 fully saturated rings. The summed E-state index contributed by atoms with van der Waals surface area (Å²) in [6.45, 7) is 2.11. The molecule has 0 unspecified atom stereocenters. The van der Waals surface area contributed by atoms with Gasteiger partial charge < -0.3 is 23.0 Å². The number of rotatable bonds is 5. The molecule has 2 aromatic heterocycles. The molecular formula is C24H18O9. The Kier molecular flexibility index (Phi) is 5.70. The van der Waals surface area contributed by atoms with E-state index in [2.05, 4.69) is 0 Å². The number of hydrogen-bond donors (Lipinski definition) is 0. The van der Waals surface area contributed by atoms with E-state index in [0.717, 1.165) is 0 Å². The van der Waals surface area contributed by atoms with E-state index in [0.29, 0.717) is 16.5 Å². The summed E-state index contributed by atoms with van der Waals surface area (Å²) >= 11 is 0. The predicted octanol–water partition coefficient (Wildman–Crippen LogP) is 3.56. The number of hydrogen-bond acceptors (Lipinski definition) is 9. The molecule has 2 heterocycles. The van der Waals surface area contributed by atoms with Gasteiger partial charge in [-0.3, -0.25) is 9.59 Å². The summed E-state index contributed by atoms with van der Waals surface area (Å²) in [6.07, 6.45) is 0. The van der Waals surface area contributed by atoms with E-state index in [-0.39, 0.29) is 40.2 Å². The van der Waals surface area contributed by atoms with Gasteiger partial charge in [0.1, 0.15) is 17.9 Å². The van der Waals surface area contributed by atoms with Crippen LogP contribution in [0.15, 0.2) is 60.9 Å². The summed E-state index contributed by atoms with van der Waals surface area (Å²) in [7, 11) is 1.46. The molecule has 0 aliphatic carbocycles. The summed E-state index contributed by atoms with van der Waals surface area (Å²) in [5, 5.41) is 0.948. The number of fused-ring (bicyclic) bond motifs is 2. The van der Waals surface area contributed by atoms with Crippen LogP contribution in [0.5, 0.6) is 11.5 Å². The molecule has 0 radical (unpaired) electrons. The van der Waals surface area contributed by atoms with E-state index in [9.17, 15) is 19.2 Å². The maximum atomic E-state index is 12.9. The number of para-hydroxylation sites is 1. The smallest absolute Gasteiger partial charge is 0.344 e. The first-order chi connectivity index (χ1) is 15.8. The van der Waals surface area contributed by atoms with Crippen LogP contribution in [-0.4, -0.2) is 19.0 Å². The van der Waals surface area contributed by atoms with Crippen LogP contribution < -0.4 is 20.7 Å². The van der Waals surface area contributed by atoms with Crippen molar-refractivity contribution in [1.29, 1.82) is 0 Å². The average molecular weight is 450 g/mol. The maximum absolute atomic E-state index is 12.9. The molecule has 0 atom stereocenters. The number of carbonyl (C=O) groups excluding carboxylic acids is 2. The number of ether oxygens (including phenoxy) is 3. The van der Waals surface area contributed by atoms with Crippen LogP contribution in [0.3, 0.4) is 0 Å². The molecule has 0 amide bonds. The number of esters is 2. The minimum atomic E-state index is -0.758. The van der Waals surface area contributed by atoms with Crippen molar-refractivity contribution in [2.75, 3.05) is 7.11 Å². The van der Waals surface area contributed by atoms with Crippen molar-refractivity contribution >= 4 is 33.9 Å². The highest BCUT2D eigenvalue weighted by molar-refractivity contribution is 5.97. The Hall–Kier alpha value is -4.40. The molecule has 0 spiro atoms. The van der Waals surface area contributed by atoms with Crippen molar-refractivity contribution in [3.05, 3.63) is 68.9 Å². The quantitative estimate of drug-likeness (QED) is 0.255. The zero-order valence-electron chi connectivity index (χ0n) is 17.9. The Bertz CT molecular complexity index is 1530.